The molecule has 2 heterocycles. The van der Waals surface area contributed by atoms with Gasteiger partial charge in [-0.15, -0.1) is 0 Å². The van der Waals surface area contributed by atoms with Crippen LogP contribution in [0.4, 0.5) is 5.00 Å². The summed E-state index contributed by atoms with van der Waals surface area (Å²) < 4.78 is 22.8. The third-order valence-corrected chi connectivity index (χ3v) is 5.64. The second kappa shape index (κ2) is 7.37. The largest absolute Gasteiger partial charge is 0.312 e. The van der Waals surface area contributed by atoms with Gasteiger partial charge in [0.1, 0.15) is 19.8 Å². The highest BCUT2D eigenvalue weighted by atomic mass is 35.5. The minimum atomic E-state index is -3.40. The second-order valence-corrected chi connectivity index (χ2v) is 8.64. The SMILES string of the molecule is CN(C(=O)C(C=N)CS(C)(=O)=O)c1sc(-c2cccnc2)nc1Cl. The van der Waals surface area contributed by atoms with Crippen LogP contribution in [0, 0.1) is 11.3 Å². The van der Waals surface area contributed by atoms with Crippen LogP contribution in [-0.2, 0) is 14.6 Å². The van der Waals surface area contributed by atoms with Gasteiger partial charge in [0.05, 0.1) is 11.7 Å². The van der Waals surface area contributed by atoms with E-state index in [1.807, 2.05) is 6.07 Å². The molecule has 1 N–H and O–H groups in total. The molecule has 2 aromatic rings. The normalized spacial score (nSPS) is 12.6. The molecule has 7 nitrogen and oxygen atoms in total. The number of anilines is 1. The summed E-state index contributed by atoms with van der Waals surface area (Å²) in [6.07, 6.45) is 5.12. The predicted octanol–water partition coefficient (Wildman–Crippen LogP) is 2.13. The highest BCUT2D eigenvalue weighted by molar-refractivity contribution is 7.90. The average Bonchev–Trinajstić information content (AvgIpc) is 2.93. The quantitative estimate of drug-likeness (QED) is 0.766. The van der Waals surface area contributed by atoms with Crippen LogP contribution in [-0.4, -0.2) is 49.6 Å². The third kappa shape index (κ3) is 4.37. The van der Waals surface area contributed by atoms with Crippen molar-refractivity contribution in [1.82, 2.24) is 9.97 Å². The molecule has 1 amide bonds. The minimum Gasteiger partial charge on any atom is -0.312 e. The summed E-state index contributed by atoms with van der Waals surface area (Å²) in [6, 6.07) is 3.58. The van der Waals surface area contributed by atoms with Crippen LogP contribution < -0.4 is 4.90 Å². The second-order valence-electron chi connectivity index (χ2n) is 5.12. The number of hydrogen-bond acceptors (Lipinski definition) is 7. The average molecular weight is 387 g/mol. The molecule has 10 heteroatoms. The van der Waals surface area contributed by atoms with Crippen molar-refractivity contribution in [2.24, 2.45) is 5.92 Å². The van der Waals surface area contributed by atoms with Gasteiger partial charge >= 0.3 is 0 Å². The molecule has 0 spiro atoms. The summed E-state index contributed by atoms with van der Waals surface area (Å²) in [5, 5.41) is 8.45. The fraction of sp³-hybridized carbons (Fsp3) is 0.286. The first kappa shape index (κ1) is 18.5. The lowest BCUT2D eigenvalue weighted by Crippen LogP contribution is -2.36. The Morgan fingerprint density at radius 1 is 1.54 bits per heavy atom. The lowest BCUT2D eigenvalue weighted by atomic mass is 10.2. The standard InChI is InChI=1S/C14H15ClN4O3S2/c1-19(13(20)10(6-16)8-24(2,21)22)14-11(15)18-12(23-14)9-4-3-5-17-7-9/h3-7,10,16H,8H2,1-2H3. The smallest absolute Gasteiger partial charge is 0.236 e. The summed E-state index contributed by atoms with van der Waals surface area (Å²) in [6.45, 7) is 0. The van der Waals surface area contributed by atoms with Crippen LogP contribution in [0.2, 0.25) is 5.15 Å². The summed E-state index contributed by atoms with van der Waals surface area (Å²) >= 11 is 7.32. The first-order valence-corrected chi connectivity index (χ1v) is 10.0. The molecule has 0 aliphatic heterocycles. The number of thiazole rings is 1. The van der Waals surface area contributed by atoms with Crippen molar-refractivity contribution in [2.45, 2.75) is 0 Å². The molecule has 1 atom stereocenters. The van der Waals surface area contributed by atoms with Gasteiger partial charge in [0, 0.05) is 37.5 Å². The molecule has 0 aliphatic rings. The van der Waals surface area contributed by atoms with Crippen LogP contribution in [0.15, 0.2) is 24.5 Å². The molecule has 0 bridgehead atoms. The third-order valence-electron chi connectivity index (χ3n) is 3.11. The van der Waals surface area contributed by atoms with E-state index in [4.69, 9.17) is 17.0 Å². The Morgan fingerprint density at radius 2 is 2.25 bits per heavy atom. The van der Waals surface area contributed by atoms with E-state index in [9.17, 15) is 13.2 Å². The topological polar surface area (TPSA) is 104 Å². The predicted molar refractivity (Wildman–Crippen MR) is 95.7 cm³/mol. The van der Waals surface area contributed by atoms with Gasteiger partial charge in [-0.25, -0.2) is 13.4 Å². The fourth-order valence-electron chi connectivity index (χ4n) is 1.98. The molecule has 0 aromatic carbocycles. The maximum absolute atomic E-state index is 12.5. The van der Waals surface area contributed by atoms with Crippen molar-refractivity contribution in [2.75, 3.05) is 24.0 Å². The van der Waals surface area contributed by atoms with E-state index in [-0.39, 0.29) is 5.15 Å². The van der Waals surface area contributed by atoms with E-state index in [0.717, 1.165) is 18.0 Å². The number of pyridine rings is 1. The molecule has 1 unspecified atom stereocenters. The van der Waals surface area contributed by atoms with Gasteiger partial charge in [0.15, 0.2) is 5.15 Å². The monoisotopic (exact) mass is 386 g/mol. The van der Waals surface area contributed by atoms with E-state index in [0.29, 0.717) is 10.0 Å². The Hall–Kier alpha value is -1.84. The Morgan fingerprint density at radius 3 is 2.79 bits per heavy atom. The zero-order valence-corrected chi connectivity index (χ0v) is 15.3. The lowest BCUT2D eigenvalue weighted by Gasteiger charge is -2.19. The highest BCUT2D eigenvalue weighted by Gasteiger charge is 2.27. The van der Waals surface area contributed by atoms with Crippen LogP contribution in [0.25, 0.3) is 10.6 Å². The van der Waals surface area contributed by atoms with E-state index < -0.39 is 27.4 Å². The van der Waals surface area contributed by atoms with Crippen LogP contribution in [0.5, 0.6) is 0 Å². The van der Waals surface area contributed by atoms with Crippen molar-refractivity contribution >= 4 is 49.9 Å². The Balaban J connectivity index is 2.29. The molecule has 2 rings (SSSR count). The maximum atomic E-state index is 12.5. The number of sulfone groups is 1. The zero-order valence-electron chi connectivity index (χ0n) is 12.9. The zero-order chi connectivity index (χ0) is 17.9. The number of rotatable bonds is 6. The van der Waals surface area contributed by atoms with E-state index in [2.05, 4.69) is 9.97 Å². The number of amides is 1. The first-order valence-electron chi connectivity index (χ1n) is 6.75. The van der Waals surface area contributed by atoms with Crippen LogP contribution in [0.3, 0.4) is 0 Å². The van der Waals surface area contributed by atoms with E-state index >= 15 is 0 Å². The Bertz CT molecular complexity index is 852. The van der Waals surface area contributed by atoms with Gasteiger partial charge in [0.25, 0.3) is 0 Å². The van der Waals surface area contributed by atoms with Gasteiger partial charge < -0.3 is 10.3 Å². The first-order chi connectivity index (χ1) is 11.2. The summed E-state index contributed by atoms with van der Waals surface area (Å²) in [4.78, 5) is 21.9. The molecule has 0 radical (unpaired) electrons. The number of halogens is 1. The molecular formula is C14H15ClN4O3S2. The Kier molecular flexibility index (Phi) is 5.68. The Labute approximate surface area is 148 Å². The van der Waals surface area contributed by atoms with E-state index in [1.165, 1.54) is 23.3 Å². The number of nitrogens with one attached hydrogen (secondary N) is 1. The van der Waals surface area contributed by atoms with Crippen molar-refractivity contribution in [3.63, 3.8) is 0 Å². The van der Waals surface area contributed by atoms with Gasteiger partial charge in [-0.2, -0.15) is 0 Å². The molecule has 0 fully saturated rings. The fourth-order valence-corrected chi connectivity index (χ4v) is 4.16. The number of carbonyl (C=O) groups excluding carboxylic acids is 1. The minimum absolute atomic E-state index is 0.137. The van der Waals surface area contributed by atoms with Gasteiger partial charge in [-0.3, -0.25) is 9.78 Å². The molecule has 0 saturated carbocycles. The molecule has 0 saturated heterocycles. The number of aromatic nitrogens is 2. The van der Waals surface area contributed by atoms with Gasteiger partial charge in [0.2, 0.25) is 5.91 Å². The summed E-state index contributed by atoms with van der Waals surface area (Å²) in [7, 11) is -1.92. The molecule has 24 heavy (non-hydrogen) atoms. The molecule has 2 aromatic heterocycles. The molecule has 128 valence electrons. The van der Waals surface area contributed by atoms with Crippen molar-refractivity contribution in [1.29, 1.82) is 5.41 Å². The summed E-state index contributed by atoms with van der Waals surface area (Å²) in [5.41, 5.74) is 0.760. The van der Waals surface area contributed by atoms with Crippen LogP contribution >= 0.6 is 22.9 Å². The number of hydrogen-bond donors (Lipinski definition) is 1. The van der Waals surface area contributed by atoms with Crippen molar-refractivity contribution in [3.8, 4) is 10.6 Å². The molecule has 0 aliphatic carbocycles. The van der Waals surface area contributed by atoms with Crippen LogP contribution in [0.1, 0.15) is 0 Å². The lowest BCUT2D eigenvalue weighted by molar-refractivity contribution is -0.119. The van der Waals surface area contributed by atoms with Crippen molar-refractivity contribution in [3.05, 3.63) is 29.7 Å². The van der Waals surface area contributed by atoms with Crippen molar-refractivity contribution < 1.29 is 13.2 Å². The van der Waals surface area contributed by atoms with Gasteiger partial charge in [-0.1, -0.05) is 22.9 Å². The van der Waals surface area contributed by atoms with Gasteiger partial charge in [-0.05, 0) is 12.1 Å². The van der Waals surface area contributed by atoms with E-state index in [1.54, 1.807) is 18.5 Å². The maximum Gasteiger partial charge on any atom is 0.236 e. The molecular weight excluding hydrogens is 372 g/mol. The number of nitrogens with zero attached hydrogens (tertiary/aromatic N) is 3. The summed E-state index contributed by atoms with van der Waals surface area (Å²) in [5.74, 6) is -2.02. The number of carbonyl (C=O) groups is 1. The highest BCUT2D eigenvalue weighted by Crippen LogP contribution is 2.37.